The summed E-state index contributed by atoms with van der Waals surface area (Å²) in [5.41, 5.74) is 3.21. The summed E-state index contributed by atoms with van der Waals surface area (Å²) >= 11 is 0. The molecule has 32 heavy (non-hydrogen) atoms. The van der Waals surface area contributed by atoms with Crippen LogP contribution in [-0.4, -0.2) is 58.2 Å². The molecule has 1 atom stereocenters. The number of nitrogens with one attached hydrogen (secondary N) is 1. The quantitative estimate of drug-likeness (QED) is 0.652. The van der Waals surface area contributed by atoms with Crippen LogP contribution in [0.2, 0.25) is 0 Å². The van der Waals surface area contributed by atoms with Crippen molar-refractivity contribution in [3.05, 3.63) is 59.7 Å². The Kier molecular flexibility index (Phi) is 5.77. The number of aromatic nitrogens is 3. The summed E-state index contributed by atoms with van der Waals surface area (Å²) in [4.78, 5) is 12.9. The van der Waals surface area contributed by atoms with E-state index in [0.29, 0.717) is 12.1 Å². The second-order valence-electron chi connectivity index (χ2n) is 8.56. The first-order valence-electron chi connectivity index (χ1n) is 11.2. The summed E-state index contributed by atoms with van der Waals surface area (Å²) in [6.07, 6.45) is 1.65. The maximum Gasteiger partial charge on any atom is 0.401 e. The summed E-state index contributed by atoms with van der Waals surface area (Å²) in [6.45, 7) is 2.74. The molecule has 1 aliphatic heterocycles. The van der Waals surface area contributed by atoms with Crippen LogP contribution in [0.1, 0.15) is 35.8 Å². The SMILES string of the molecule is FC(F)(F)CN(Cc1cn2c(N3CCNCC3)cccc2n1)C1CCCc2cccnc21. The van der Waals surface area contributed by atoms with Gasteiger partial charge in [0, 0.05) is 45.1 Å². The first-order valence-corrected chi connectivity index (χ1v) is 11.2. The highest BCUT2D eigenvalue weighted by atomic mass is 19.4. The van der Waals surface area contributed by atoms with Gasteiger partial charge in [-0.25, -0.2) is 4.98 Å². The summed E-state index contributed by atoms with van der Waals surface area (Å²) in [6, 6.07) is 9.37. The molecule has 0 aromatic carbocycles. The topological polar surface area (TPSA) is 48.7 Å². The standard InChI is InChI=1S/C23H27F3N6/c24-23(25,26)16-31(19-6-1-4-17-5-3-9-28-22(17)19)14-18-15-32-20(29-18)7-2-8-21(32)30-12-10-27-11-13-30/h2-3,5,7-9,15,19,27H,1,4,6,10-14,16H2. The predicted molar refractivity (Wildman–Crippen MR) is 117 cm³/mol. The van der Waals surface area contributed by atoms with Crippen LogP contribution in [0, 0.1) is 0 Å². The van der Waals surface area contributed by atoms with Crippen LogP contribution in [0.5, 0.6) is 0 Å². The van der Waals surface area contributed by atoms with E-state index in [0.717, 1.165) is 61.7 Å². The normalized spacial score (nSPS) is 19.5. The first-order chi connectivity index (χ1) is 15.5. The highest BCUT2D eigenvalue weighted by molar-refractivity contribution is 5.53. The minimum Gasteiger partial charge on any atom is -0.355 e. The number of fused-ring (bicyclic) bond motifs is 2. The molecule has 4 heterocycles. The van der Waals surface area contributed by atoms with E-state index in [4.69, 9.17) is 0 Å². The van der Waals surface area contributed by atoms with Crippen LogP contribution in [0.25, 0.3) is 5.65 Å². The van der Waals surface area contributed by atoms with Crippen molar-refractivity contribution in [1.82, 2.24) is 24.6 Å². The van der Waals surface area contributed by atoms with Gasteiger partial charge in [0.05, 0.1) is 24.0 Å². The van der Waals surface area contributed by atoms with Crippen molar-refractivity contribution >= 4 is 11.5 Å². The third-order valence-electron chi connectivity index (χ3n) is 6.32. The molecule has 6 nitrogen and oxygen atoms in total. The van der Waals surface area contributed by atoms with Crippen molar-refractivity contribution in [2.45, 2.75) is 38.0 Å². The largest absolute Gasteiger partial charge is 0.401 e. The molecule has 1 unspecified atom stereocenters. The Morgan fingerprint density at radius 3 is 2.78 bits per heavy atom. The maximum absolute atomic E-state index is 13.6. The van der Waals surface area contributed by atoms with E-state index in [2.05, 4.69) is 20.2 Å². The maximum atomic E-state index is 13.6. The van der Waals surface area contributed by atoms with Gasteiger partial charge >= 0.3 is 6.18 Å². The van der Waals surface area contributed by atoms with Gasteiger partial charge in [-0.3, -0.25) is 14.3 Å². The van der Waals surface area contributed by atoms with Crippen LogP contribution in [0.4, 0.5) is 19.0 Å². The fourth-order valence-electron chi connectivity index (χ4n) is 4.93. The van der Waals surface area contributed by atoms with Crippen LogP contribution >= 0.6 is 0 Å². The smallest absolute Gasteiger partial charge is 0.355 e. The summed E-state index contributed by atoms with van der Waals surface area (Å²) < 4.78 is 42.7. The lowest BCUT2D eigenvalue weighted by molar-refractivity contribution is -0.153. The summed E-state index contributed by atoms with van der Waals surface area (Å²) in [5.74, 6) is 1.02. The fourth-order valence-corrected chi connectivity index (χ4v) is 4.93. The van der Waals surface area contributed by atoms with Crippen molar-refractivity contribution < 1.29 is 13.2 Å². The van der Waals surface area contributed by atoms with Crippen LogP contribution in [-0.2, 0) is 13.0 Å². The number of hydrogen-bond donors (Lipinski definition) is 1. The lowest BCUT2D eigenvalue weighted by atomic mass is 9.90. The van der Waals surface area contributed by atoms with Crippen molar-refractivity contribution in [1.29, 1.82) is 0 Å². The Labute approximate surface area is 185 Å². The minimum absolute atomic E-state index is 0.128. The fraction of sp³-hybridized carbons (Fsp3) is 0.478. The van der Waals surface area contributed by atoms with Gasteiger partial charge in [0.2, 0.25) is 0 Å². The number of hydrogen-bond acceptors (Lipinski definition) is 5. The molecule has 170 valence electrons. The molecule has 3 aromatic heterocycles. The van der Waals surface area contributed by atoms with Gasteiger partial charge < -0.3 is 10.2 Å². The lowest BCUT2D eigenvalue weighted by Crippen LogP contribution is -2.44. The number of alkyl halides is 3. The Hall–Kier alpha value is -2.65. The van der Waals surface area contributed by atoms with Crippen molar-refractivity contribution in [2.24, 2.45) is 0 Å². The lowest BCUT2D eigenvalue weighted by Gasteiger charge is -2.35. The third kappa shape index (κ3) is 4.45. The van der Waals surface area contributed by atoms with Crippen LogP contribution < -0.4 is 10.2 Å². The second kappa shape index (κ2) is 8.71. The van der Waals surface area contributed by atoms with Gasteiger partial charge in [0.25, 0.3) is 0 Å². The monoisotopic (exact) mass is 444 g/mol. The zero-order valence-corrected chi connectivity index (χ0v) is 17.9. The zero-order chi connectivity index (χ0) is 22.1. The molecule has 2 aliphatic rings. The molecule has 1 aliphatic carbocycles. The molecule has 1 fully saturated rings. The minimum atomic E-state index is -4.29. The van der Waals surface area contributed by atoms with E-state index in [1.165, 1.54) is 4.90 Å². The Morgan fingerprint density at radius 2 is 1.97 bits per heavy atom. The van der Waals surface area contributed by atoms with E-state index in [9.17, 15) is 13.2 Å². The molecule has 0 spiro atoms. The van der Waals surface area contributed by atoms with Gasteiger partial charge in [-0.2, -0.15) is 13.2 Å². The summed E-state index contributed by atoms with van der Waals surface area (Å²) in [5, 5.41) is 3.34. The predicted octanol–water partition coefficient (Wildman–Crippen LogP) is 3.58. The molecule has 3 aromatic rings. The Morgan fingerprint density at radius 1 is 1.12 bits per heavy atom. The number of imidazole rings is 1. The molecular weight excluding hydrogens is 417 g/mol. The Bertz CT molecular complexity index is 1070. The van der Waals surface area contributed by atoms with E-state index in [1.54, 1.807) is 6.20 Å². The number of nitrogens with zero attached hydrogens (tertiary/aromatic N) is 5. The molecule has 9 heteroatoms. The average molecular weight is 445 g/mol. The van der Waals surface area contributed by atoms with Crippen LogP contribution in [0.15, 0.2) is 42.7 Å². The molecule has 0 radical (unpaired) electrons. The number of rotatable bonds is 5. The number of aryl methyl sites for hydroxylation is 1. The second-order valence-corrected chi connectivity index (χ2v) is 8.56. The average Bonchev–Trinajstić information content (AvgIpc) is 3.20. The van der Waals surface area contributed by atoms with Crippen LogP contribution in [0.3, 0.4) is 0 Å². The van der Waals surface area contributed by atoms with Gasteiger partial charge in [-0.05, 0) is 43.0 Å². The Balaban J connectivity index is 1.46. The molecule has 1 N–H and O–H groups in total. The third-order valence-corrected chi connectivity index (χ3v) is 6.32. The number of pyridine rings is 2. The van der Waals surface area contributed by atoms with E-state index < -0.39 is 12.7 Å². The van der Waals surface area contributed by atoms with Gasteiger partial charge in [-0.1, -0.05) is 12.1 Å². The molecule has 0 bridgehead atoms. The first kappa shape index (κ1) is 21.2. The van der Waals surface area contributed by atoms with E-state index in [1.807, 2.05) is 40.9 Å². The van der Waals surface area contributed by atoms with Gasteiger partial charge in [0.1, 0.15) is 11.5 Å². The van der Waals surface area contributed by atoms with Crippen molar-refractivity contribution in [2.75, 3.05) is 37.6 Å². The molecule has 0 saturated carbocycles. The van der Waals surface area contributed by atoms with Crippen molar-refractivity contribution in [3.63, 3.8) is 0 Å². The molecule has 0 amide bonds. The number of anilines is 1. The van der Waals surface area contributed by atoms with Gasteiger partial charge in [0.15, 0.2) is 0 Å². The molecule has 1 saturated heterocycles. The highest BCUT2D eigenvalue weighted by Crippen LogP contribution is 2.35. The highest BCUT2D eigenvalue weighted by Gasteiger charge is 2.37. The summed E-state index contributed by atoms with van der Waals surface area (Å²) in [7, 11) is 0. The van der Waals surface area contributed by atoms with Gasteiger partial charge in [-0.15, -0.1) is 0 Å². The number of piperazine rings is 1. The number of halogens is 3. The van der Waals surface area contributed by atoms with E-state index in [-0.39, 0.29) is 12.6 Å². The molecule has 5 rings (SSSR count). The van der Waals surface area contributed by atoms with Crippen molar-refractivity contribution in [3.8, 4) is 0 Å². The zero-order valence-electron chi connectivity index (χ0n) is 17.9. The van der Waals surface area contributed by atoms with E-state index >= 15 is 0 Å². The molecular formula is C23H27F3N6.